The Hall–Kier alpha value is -1.81. The molecule has 0 atom stereocenters. The van der Waals surface area contributed by atoms with Gasteiger partial charge in [0, 0.05) is 23.9 Å². The van der Waals surface area contributed by atoms with Crippen LogP contribution in [0.15, 0.2) is 40.6 Å². The van der Waals surface area contributed by atoms with Gasteiger partial charge < -0.3 is 4.74 Å². The number of thiophene rings is 1. The molecule has 1 aromatic carbocycles. The first-order valence-corrected chi connectivity index (χ1v) is 12.7. The molecule has 1 saturated heterocycles. The van der Waals surface area contributed by atoms with E-state index in [-0.39, 0.29) is 5.92 Å². The fourth-order valence-corrected chi connectivity index (χ4v) is 7.45. The highest BCUT2D eigenvalue weighted by Crippen LogP contribution is 2.37. The van der Waals surface area contributed by atoms with Crippen LogP contribution in [0.3, 0.4) is 0 Å². The molecule has 0 bridgehead atoms. The van der Waals surface area contributed by atoms with Crippen molar-refractivity contribution >= 4 is 32.7 Å². The summed E-state index contributed by atoms with van der Waals surface area (Å²) in [5.74, 6) is 1.01. The zero-order chi connectivity index (χ0) is 20.4. The lowest BCUT2D eigenvalue weighted by molar-refractivity contribution is 0.319. The van der Waals surface area contributed by atoms with E-state index in [0.717, 1.165) is 45.5 Å². The van der Waals surface area contributed by atoms with Crippen LogP contribution in [-0.4, -0.2) is 43.1 Å². The molecule has 0 unspecified atom stereocenters. The van der Waals surface area contributed by atoms with E-state index in [1.807, 2.05) is 37.3 Å². The zero-order valence-electron chi connectivity index (χ0n) is 16.4. The second kappa shape index (κ2) is 8.51. The molecule has 1 fully saturated rings. The summed E-state index contributed by atoms with van der Waals surface area (Å²) in [6.45, 7) is 3.06. The van der Waals surface area contributed by atoms with Gasteiger partial charge >= 0.3 is 0 Å². The van der Waals surface area contributed by atoms with Crippen molar-refractivity contribution in [3.8, 4) is 16.3 Å². The number of aromatic nitrogens is 2. The van der Waals surface area contributed by atoms with Crippen LogP contribution < -0.4 is 4.74 Å². The van der Waals surface area contributed by atoms with Crippen LogP contribution in [0, 0.1) is 0 Å². The maximum atomic E-state index is 12.9. The molecular formula is C20H23N3O3S3. The predicted octanol–water partition coefficient (Wildman–Crippen LogP) is 4.41. The summed E-state index contributed by atoms with van der Waals surface area (Å²) < 4.78 is 33.3. The molecule has 29 heavy (non-hydrogen) atoms. The van der Waals surface area contributed by atoms with Crippen molar-refractivity contribution in [1.29, 1.82) is 0 Å². The molecule has 1 aliphatic heterocycles. The number of methoxy groups -OCH3 is 1. The Bertz CT molecular complexity index is 1080. The fourth-order valence-electron chi connectivity index (χ4n) is 3.49. The molecule has 4 rings (SSSR count). The third kappa shape index (κ3) is 4.09. The number of ether oxygens (including phenoxy) is 1. The van der Waals surface area contributed by atoms with Crippen LogP contribution in [0.5, 0.6) is 5.75 Å². The summed E-state index contributed by atoms with van der Waals surface area (Å²) in [6, 6.07) is 11.4. The summed E-state index contributed by atoms with van der Waals surface area (Å²) in [5.41, 5.74) is 0.934. The Morgan fingerprint density at radius 2 is 1.86 bits per heavy atom. The number of para-hydroxylation sites is 1. The van der Waals surface area contributed by atoms with Crippen LogP contribution >= 0.6 is 22.7 Å². The number of nitrogens with zero attached hydrogens (tertiary/aromatic N) is 3. The first kappa shape index (κ1) is 20.5. The molecule has 2 aromatic heterocycles. The van der Waals surface area contributed by atoms with E-state index < -0.39 is 10.0 Å². The highest BCUT2D eigenvalue weighted by molar-refractivity contribution is 7.91. The molecule has 9 heteroatoms. The van der Waals surface area contributed by atoms with E-state index in [0.29, 0.717) is 17.3 Å². The molecule has 154 valence electrons. The Balaban J connectivity index is 1.46. The van der Waals surface area contributed by atoms with Crippen LogP contribution in [-0.2, 0) is 16.4 Å². The summed E-state index contributed by atoms with van der Waals surface area (Å²) >= 11 is 2.94. The van der Waals surface area contributed by atoms with Crippen molar-refractivity contribution in [3.63, 3.8) is 0 Å². The van der Waals surface area contributed by atoms with E-state index in [1.165, 1.54) is 11.3 Å². The van der Waals surface area contributed by atoms with Gasteiger partial charge in [-0.05, 0) is 43.5 Å². The van der Waals surface area contributed by atoms with Crippen LogP contribution in [0.4, 0.5) is 0 Å². The van der Waals surface area contributed by atoms with E-state index in [2.05, 4.69) is 10.2 Å². The molecule has 0 saturated carbocycles. The van der Waals surface area contributed by atoms with Gasteiger partial charge in [0.1, 0.15) is 15.0 Å². The van der Waals surface area contributed by atoms with Crippen LogP contribution in [0.2, 0.25) is 0 Å². The minimum atomic E-state index is -3.40. The summed E-state index contributed by atoms with van der Waals surface area (Å²) in [4.78, 5) is 1.09. The van der Waals surface area contributed by atoms with Gasteiger partial charge in [-0.15, -0.1) is 21.5 Å². The van der Waals surface area contributed by atoms with Gasteiger partial charge in [0.15, 0.2) is 5.01 Å². The molecule has 1 aliphatic rings. The lowest BCUT2D eigenvalue weighted by Crippen LogP contribution is -2.37. The Morgan fingerprint density at radius 3 is 2.55 bits per heavy atom. The minimum Gasteiger partial charge on any atom is -0.496 e. The topological polar surface area (TPSA) is 72.4 Å². The van der Waals surface area contributed by atoms with Gasteiger partial charge in [0.2, 0.25) is 0 Å². The van der Waals surface area contributed by atoms with Crippen molar-refractivity contribution in [3.05, 3.63) is 46.3 Å². The molecule has 0 aliphatic carbocycles. The maximum absolute atomic E-state index is 12.9. The van der Waals surface area contributed by atoms with Gasteiger partial charge in [0.25, 0.3) is 10.0 Å². The smallest absolute Gasteiger partial charge is 0.252 e. The summed E-state index contributed by atoms with van der Waals surface area (Å²) in [7, 11) is -1.75. The lowest BCUT2D eigenvalue weighted by Gasteiger charge is -2.29. The quantitative estimate of drug-likeness (QED) is 0.557. The fraction of sp³-hybridized carbons (Fsp3) is 0.400. The molecule has 0 spiro atoms. The molecule has 0 N–H and O–H groups in total. The van der Waals surface area contributed by atoms with E-state index in [1.54, 1.807) is 28.8 Å². The monoisotopic (exact) mass is 449 g/mol. The highest BCUT2D eigenvalue weighted by atomic mass is 32.2. The molecule has 6 nitrogen and oxygen atoms in total. The zero-order valence-corrected chi connectivity index (χ0v) is 18.8. The van der Waals surface area contributed by atoms with Crippen molar-refractivity contribution in [1.82, 2.24) is 14.5 Å². The molecule has 3 aromatic rings. The second-order valence-corrected chi connectivity index (χ2v) is 11.2. The normalized spacial score (nSPS) is 16.2. The van der Waals surface area contributed by atoms with Crippen LogP contribution in [0.1, 0.15) is 35.6 Å². The van der Waals surface area contributed by atoms with Gasteiger partial charge in [0.05, 0.1) is 12.7 Å². The minimum absolute atomic E-state index is 0.233. The number of benzene rings is 1. The van der Waals surface area contributed by atoms with Crippen molar-refractivity contribution in [2.24, 2.45) is 0 Å². The average molecular weight is 450 g/mol. The van der Waals surface area contributed by atoms with Gasteiger partial charge in [-0.2, -0.15) is 4.31 Å². The van der Waals surface area contributed by atoms with E-state index in [9.17, 15) is 8.42 Å². The standard InChI is InChI=1S/C20H23N3O3S3/c1-3-15-8-9-18(27-15)29(24,25)23-12-10-14(11-13-23)19-21-22-20(28-19)16-6-4-5-7-17(16)26-2/h4-9,14H,3,10-13H2,1-2H3. The van der Waals surface area contributed by atoms with Gasteiger partial charge in [-0.3, -0.25) is 0 Å². The first-order valence-electron chi connectivity index (χ1n) is 9.58. The Labute approximate surface area is 179 Å². The van der Waals surface area contributed by atoms with Crippen molar-refractivity contribution in [2.45, 2.75) is 36.3 Å². The Morgan fingerprint density at radius 1 is 1.10 bits per heavy atom. The van der Waals surface area contributed by atoms with E-state index >= 15 is 0 Å². The summed E-state index contributed by atoms with van der Waals surface area (Å²) in [5, 5.41) is 10.6. The number of piperidine rings is 1. The second-order valence-electron chi connectivity index (χ2n) is 6.90. The number of hydrogen-bond acceptors (Lipinski definition) is 7. The number of aryl methyl sites for hydroxylation is 1. The maximum Gasteiger partial charge on any atom is 0.252 e. The van der Waals surface area contributed by atoms with Crippen molar-refractivity contribution < 1.29 is 13.2 Å². The van der Waals surface area contributed by atoms with E-state index in [4.69, 9.17) is 4.74 Å². The van der Waals surface area contributed by atoms with Gasteiger partial charge in [-0.25, -0.2) is 8.42 Å². The highest BCUT2D eigenvalue weighted by Gasteiger charge is 2.32. The Kier molecular flexibility index (Phi) is 6.00. The average Bonchev–Trinajstić information content (AvgIpc) is 3.44. The third-order valence-electron chi connectivity index (χ3n) is 5.16. The third-order valence-corrected chi connectivity index (χ3v) is 9.88. The van der Waals surface area contributed by atoms with Crippen LogP contribution in [0.25, 0.3) is 10.6 Å². The molecule has 0 radical (unpaired) electrons. The number of rotatable bonds is 6. The number of sulfonamides is 1. The number of hydrogen-bond donors (Lipinski definition) is 0. The first-order chi connectivity index (χ1) is 14.0. The largest absolute Gasteiger partial charge is 0.496 e. The lowest BCUT2D eigenvalue weighted by atomic mass is 9.99. The van der Waals surface area contributed by atoms with Crippen molar-refractivity contribution in [2.75, 3.05) is 20.2 Å². The summed E-state index contributed by atoms with van der Waals surface area (Å²) in [6.07, 6.45) is 2.37. The molecule has 0 amide bonds. The molecular weight excluding hydrogens is 426 g/mol. The predicted molar refractivity (Wildman–Crippen MR) is 116 cm³/mol. The SMILES string of the molecule is CCc1ccc(S(=O)(=O)N2CCC(c3nnc(-c4ccccc4OC)s3)CC2)s1. The molecule has 3 heterocycles. The van der Waals surface area contributed by atoms with Gasteiger partial charge in [-0.1, -0.05) is 30.4 Å².